The molecule has 0 saturated heterocycles. The largest absolute Gasteiger partial charge is 0.494 e. The van der Waals surface area contributed by atoms with E-state index < -0.39 is 5.97 Å². The number of imidazole rings is 1. The molecule has 2 heterocycles. The number of carboxylic acids is 1. The molecule has 0 aliphatic heterocycles. The van der Waals surface area contributed by atoms with E-state index in [1.807, 2.05) is 19.1 Å². The molecule has 3 aromatic rings. The topological polar surface area (TPSA) is 88.5 Å². The number of methoxy groups -OCH3 is 1. The Morgan fingerprint density at radius 3 is 2.84 bits per heavy atom. The summed E-state index contributed by atoms with van der Waals surface area (Å²) in [5, 5.41) is 18.1. The second kappa shape index (κ2) is 6.90. The minimum atomic E-state index is -1.00. The van der Waals surface area contributed by atoms with E-state index in [0.29, 0.717) is 33.6 Å². The van der Waals surface area contributed by atoms with Crippen LogP contribution in [0.25, 0.3) is 5.65 Å². The maximum absolute atomic E-state index is 11.1. The Morgan fingerprint density at radius 2 is 2.12 bits per heavy atom. The fourth-order valence-electron chi connectivity index (χ4n) is 2.40. The molecule has 0 spiro atoms. The van der Waals surface area contributed by atoms with Crippen LogP contribution in [0.5, 0.6) is 5.75 Å². The number of hydrogen-bond acceptors (Lipinski definition) is 5. The lowest BCUT2D eigenvalue weighted by Gasteiger charge is -2.04. The Morgan fingerprint density at radius 1 is 1.32 bits per heavy atom. The number of carbonyl (C=O) groups is 1. The van der Waals surface area contributed by atoms with E-state index in [0.717, 1.165) is 5.56 Å². The number of fused-ring (bicyclic) bond motifs is 1. The summed E-state index contributed by atoms with van der Waals surface area (Å²) in [6.45, 7) is 1.93. The quantitative estimate of drug-likeness (QED) is 0.687. The highest BCUT2D eigenvalue weighted by molar-refractivity contribution is 6.30. The summed E-state index contributed by atoms with van der Waals surface area (Å²) in [4.78, 5) is 15.4. The Labute approximate surface area is 148 Å². The van der Waals surface area contributed by atoms with E-state index in [1.54, 1.807) is 35.9 Å². The van der Waals surface area contributed by atoms with E-state index in [1.165, 1.54) is 0 Å². The number of rotatable bonds is 5. The van der Waals surface area contributed by atoms with Gasteiger partial charge in [0.1, 0.15) is 17.1 Å². The molecule has 1 N–H and O–H groups in total. The van der Waals surface area contributed by atoms with Crippen molar-refractivity contribution in [2.45, 2.75) is 13.3 Å². The van der Waals surface area contributed by atoms with Crippen molar-refractivity contribution in [1.29, 1.82) is 0 Å². The number of hydrogen-bond donors (Lipinski definition) is 1. The molecular formula is C17H15ClN4O3. The third-order valence-electron chi connectivity index (χ3n) is 3.53. The third-order valence-corrected chi connectivity index (χ3v) is 3.76. The van der Waals surface area contributed by atoms with Crippen molar-refractivity contribution >= 4 is 34.7 Å². The standard InChI is InChI=1S/C17H15ClN4O3/c1-10-3-5-14(25-2)12(7-10)20-21-17-13(8-16(23)24)19-15-6-4-11(18)9-22(15)17/h3-7,9H,8H2,1-2H3,(H,23,24). The summed E-state index contributed by atoms with van der Waals surface area (Å²) in [6.07, 6.45) is 1.36. The van der Waals surface area contributed by atoms with Crippen LogP contribution in [0.15, 0.2) is 46.8 Å². The summed E-state index contributed by atoms with van der Waals surface area (Å²) in [5.41, 5.74) is 2.40. The highest BCUT2D eigenvalue weighted by Crippen LogP contribution is 2.31. The van der Waals surface area contributed by atoms with Crippen LogP contribution in [0.4, 0.5) is 11.5 Å². The van der Waals surface area contributed by atoms with Crippen LogP contribution in [0.2, 0.25) is 5.02 Å². The summed E-state index contributed by atoms with van der Waals surface area (Å²) in [6, 6.07) is 8.91. The van der Waals surface area contributed by atoms with Crippen molar-refractivity contribution in [3.05, 3.63) is 52.8 Å². The summed E-state index contributed by atoms with van der Waals surface area (Å²) in [5.74, 6) is -0.108. The zero-order valence-corrected chi connectivity index (χ0v) is 14.4. The minimum Gasteiger partial charge on any atom is -0.494 e. The Kier molecular flexibility index (Phi) is 4.67. The van der Waals surface area contributed by atoms with Gasteiger partial charge >= 0.3 is 5.97 Å². The van der Waals surface area contributed by atoms with Gasteiger partial charge in [-0.05, 0) is 36.8 Å². The lowest BCUT2D eigenvalue weighted by Crippen LogP contribution is -2.00. The van der Waals surface area contributed by atoms with E-state index >= 15 is 0 Å². The first-order valence-electron chi connectivity index (χ1n) is 7.42. The molecule has 1 aromatic carbocycles. The molecule has 0 amide bonds. The normalized spacial score (nSPS) is 11.3. The van der Waals surface area contributed by atoms with Crippen LogP contribution in [-0.2, 0) is 11.2 Å². The summed E-state index contributed by atoms with van der Waals surface area (Å²) >= 11 is 6.03. The fourth-order valence-corrected chi connectivity index (χ4v) is 2.56. The van der Waals surface area contributed by atoms with Gasteiger partial charge in [0.15, 0.2) is 5.82 Å². The molecule has 0 unspecified atom stereocenters. The first-order valence-corrected chi connectivity index (χ1v) is 7.80. The van der Waals surface area contributed by atoms with Crippen LogP contribution in [-0.4, -0.2) is 27.6 Å². The lowest BCUT2D eigenvalue weighted by atomic mass is 10.2. The van der Waals surface area contributed by atoms with Crippen molar-refractivity contribution < 1.29 is 14.6 Å². The second-order valence-corrected chi connectivity index (χ2v) is 5.84. The van der Waals surface area contributed by atoms with Gasteiger partial charge in [0.25, 0.3) is 0 Å². The summed E-state index contributed by atoms with van der Waals surface area (Å²) in [7, 11) is 1.55. The van der Waals surface area contributed by atoms with E-state index in [2.05, 4.69) is 15.2 Å². The zero-order valence-electron chi connectivity index (χ0n) is 13.6. The zero-order chi connectivity index (χ0) is 18.0. The average molecular weight is 359 g/mol. The minimum absolute atomic E-state index is 0.265. The molecule has 2 aromatic heterocycles. The predicted octanol–water partition coefficient (Wildman–Crippen LogP) is 4.35. The first-order chi connectivity index (χ1) is 12.0. The Balaban J connectivity index is 2.12. The van der Waals surface area contributed by atoms with Crippen LogP contribution in [0.1, 0.15) is 11.3 Å². The van der Waals surface area contributed by atoms with Gasteiger partial charge in [0.2, 0.25) is 0 Å². The van der Waals surface area contributed by atoms with Gasteiger partial charge in [0, 0.05) is 6.20 Å². The van der Waals surface area contributed by atoms with E-state index in [9.17, 15) is 4.79 Å². The van der Waals surface area contributed by atoms with Crippen molar-refractivity contribution in [2.75, 3.05) is 7.11 Å². The van der Waals surface area contributed by atoms with Crippen molar-refractivity contribution in [2.24, 2.45) is 10.2 Å². The number of pyridine rings is 1. The lowest BCUT2D eigenvalue weighted by molar-refractivity contribution is -0.136. The smallest absolute Gasteiger partial charge is 0.309 e. The second-order valence-electron chi connectivity index (χ2n) is 5.40. The molecule has 0 aliphatic rings. The number of aryl methyl sites for hydroxylation is 1. The van der Waals surface area contributed by atoms with Gasteiger partial charge < -0.3 is 9.84 Å². The average Bonchev–Trinajstić information content (AvgIpc) is 2.88. The van der Waals surface area contributed by atoms with Crippen molar-refractivity contribution in [3.8, 4) is 5.75 Å². The number of aliphatic carboxylic acids is 1. The number of ether oxygens (including phenoxy) is 1. The Hall–Kier alpha value is -2.93. The van der Waals surface area contributed by atoms with Crippen LogP contribution in [0, 0.1) is 6.92 Å². The number of halogens is 1. The number of aromatic nitrogens is 2. The summed E-state index contributed by atoms with van der Waals surface area (Å²) < 4.78 is 6.90. The number of benzene rings is 1. The monoisotopic (exact) mass is 358 g/mol. The van der Waals surface area contributed by atoms with Gasteiger partial charge in [-0.1, -0.05) is 17.7 Å². The molecule has 7 nitrogen and oxygen atoms in total. The molecule has 0 aliphatic carbocycles. The van der Waals surface area contributed by atoms with E-state index in [-0.39, 0.29) is 6.42 Å². The highest BCUT2D eigenvalue weighted by atomic mass is 35.5. The van der Waals surface area contributed by atoms with Gasteiger partial charge in [-0.25, -0.2) is 4.98 Å². The van der Waals surface area contributed by atoms with Gasteiger partial charge in [0.05, 0.1) is 24.2 Å². The molecule has 25 heavy (non-hydrogen) atoms. The molecule has 3 rings (SSSR count). The molecule has 0 atom stereocenters. The maximum Gasteiger partial charge on any atom is 0.309 e. The molecule has 0 saturated carbocycles. The molecule has 0 radical (unpaired) electrons. The van der Waals surface area contributed by atoms with Crippen molar-refractivity contribution in [3.63, 3.8) is 0 Å². The third kappa shape index (κ3) is 3.61. The molecule has 128 valence electrons. The number of azo groups is 1. The first kappa shape index (κ1) is 16.9. The van der Waals surface area contributed by atoms with Crippen LogP contribution < -0.4 is 4.74 Å². The van der Waals surface area contributed by atoms with Crippen LogP contribution in [0.3, 0.4) is 0 Å². The molecule has 0 bridgehead atoms. The van der Waals surface area contributed by atoms with Gasteiger partial charge in [-0.2, -0.15) is 0 Å². The fraction of sp³-hybridized carbons (Fsp3) is 0.176. The number of nitrogens with zero attached hydrogens (tertiary/aromatic N) is 4. The highest BCUT2D eigenvalue weighted by Gasteiger charge is 2.15. The van der Waals surface area contributed by atoms with Gasteiger partial charge in [-0.15, -0.1) is 10.2 Å². The van der Waals surface area contributed by atoms with Crippen molar-refractivity contribution in [1.82, 2.24) is 9.38 Å². The molecule has 0 fully saturated rings. The predicted molar refractivity (Wildman–Crippen MR) is 93.4 cm³/mol. The van der Waals surface area contributed by atoms with Crippen LogP contribution >= 0.6 is 11.6 Å². The Bertz CT molecular complexity index is 981. The van der Waals surface area contributed by atoms with Gasteiger partial charge in [-0.3, -0.25) is 9.20 Å². The molecule has 8 heteroatoms. The molecular weight excluding hydrogens is 344 g/mol. The SMILES string of the molecule is COc1ccc(C)cc1N=Nc1c(CC(=O)O)nc2ccc(Cl)cn12. The van der Waals surface area contributed by atoms with E-state index in [4.69, 9.17) is 21.4 Å². The number of carboxylic acid groups (broad SMARTS) is 1. The maximum atomic E-state index is 11.1.